The van der Waals surface area contributed by atoms with Crippen molar-refractivity contribution in [3.8, 4) is 17.3 Å². The van der Waals surface area contributed by atoms with Gasteiger partial charge in [0.05, 0.1) is 16.0 Å². The molecule has 0 amide bonds. The molecule has 0 radical (unpaired) electrons. The van der Waals surface area contributed by atoms with Gasteiger partial charge in [0.15, 0.2) is 0 Å². The summed E-state index contributed by atoms with van der Waals surface area (Å²) in [7, 11) is 0. The summed E-state index contributed by atoms with van der Waals surface area (Å²) in [6.07, 6.45) is 2.78. The molecule has 176 valence electrons. The zero-order chi connectivity index (χ0) is 25.1. The highest BCUT2D eigenvalue weighted by Gasteiger charge is 2.22. The van der Waals surface area contributed by atoms with E-state index in [1.54, 1.807) is 17.5 Å². The number of pyridine rings is 1. The number of hydrogen-bond acceptors (Lipinski definition) is 3. The first-order valence-corrected chi connectivity index (χ1v) is 13.1. The van der Waals surface area contributed by atoms with Crippen molar-refractivity contribution < 1.29 is 0 Å². The Hall–Kier alpha value is -3.22. The molecule has 0 fully saturated rings. The van der Waals surface area contributed by atoms with Crippen molar-refractivity contribution in [1.29, 1.82) is 5.26 Å². The molecule has 0 unspecified atom stereocenters. The zero-order valence-corrected chi connectivity index (χ0v) is 22.5. The molecule has 3 heteroatoms. The van der Waals surface area contributed by atoms with Crippen molar-refractivity contribution in [2.75, 3.05) is 0 Å². The van der Waals surface area contributed by atoms with Crippen molar-refractivity contribution in [2.24, 2.45) is 5.41 Å². The second-order valence-corrected chi connectivity index (χ2v) is 12.9. The molecule has 5 aromatic rings. The molecule has 0 atom stereocenters. The Bertz CT molecular complexity index is 1650. The molecule has 0 aliphatic carbocycles. The molecule has 0 aliphatic rings. The van der Waals surface area contributed by atoms with E-state index in [-0.39, 0.29) is 10.8 Å². The molecule has 3 aromatic carbocycles. The summed E-state index contributed by atoms with van der Waals surface area (Å²) in [5.74, 6) is 0. The van der Waals surface area contributed by atoms with Crippen LogP contribution in [-0.4, -0.2) is 4.98 Å². The van der Waals surface area contributed by atoms with E-state index in [1.807, 2.05) is 0 Å². The summed E-state index contributed by atoms with van der Waals surface area (Å²) >= 11 is 1.78. The van der Waals surface area contributed by atoms with Crippen LogP contribution in [0.15, 0.2) is 54.7 Å². The minimum Gasteiger partial charge on any atom is -0.253 e. The molecular formula is C32H32N2S. The summed E-state index contributed by atoms with van der Waals surface area (Å²) in [6.45, 7) is 15.9. The lowest BCUT2D eigenvalue weighted by atomic mass is 9.82. The van der Waals surface area contributed by atoms with E-state index in [2.05, 4.69) is 103 Å². The van der Waals surface area contributed by atoms with Crippen LogP contribution in [-0.2, 0) is 11.8 Å². The second-order valence-electron chi connectivity index (χ2n) is 11.9. The van der Waals surface area contributed by atoms with Crippen molar-refractivity contribution in [1.82, 2.24) is 4.98 Å². The Kier molecular flexibility index (Phi) is 5.49. The van der Waals surface area contributed by atoms with E-state index in [1.165, 1.54) is 32.2 Å². The van der Waals surface area contributed by atoms with Gasteiger partial charge in [-0.15, -0.1) is 11.3 Å². The van der Waals surface area contributed by atoms with Gasteiger partial charge in [-0.05, 0) is 63.8 Å². The minimum absolute atomic E-state index is 0.0000671. The first kappa shape index (κ1) is 23.5. The number of nitrogens with zero attached hydrogens (tertiary/aromatic N) is 2. The standard InChI is InChI=1S/C32H32N2S/c1-19-21(16-31(2,3)4)12-13-25-27-23(17-33)18-34-28(30(27)35-29(19)25)22-14-20-10-8-9-11-24(20)26(15-22)32(5,6)7/h8-15,18H,16H2,1-7H3. The number of benzene rings is 3. The maximum atomic E-state index is 9.96. The average molecular weight is 477 g/mol. The van der Waals surface area contributed by atoms with E-state index in [9.17, 15) is 5.26 Å². The maximum absolute atomic E-state index is 9.96. The Morgan fingerprint density at radius 3 is 2.34 bits per heavy atom. The van der Waals surface area contributed by atoms with Crippen LogP contribution in [0.1, 0.15) is 63.8 Å². The highest BCUT2D eigenvalue weighted by molar-refractivity contribution is 7.26. The molecule has 2 heterocycles. The predicted octanol–water partition coefficient (Wildman–Crippen LogP) is 9.34. The number of nitriles is 1. The molecule has 35 heavy (non-hydrogen) atoms. The smallest absolute Gasteiger partial charge is 0.101 e. The van der Waals surface area contributed by atoms with E-state index >= 15 is 0 Å². The molecule has 0 aliphatic heterocycles. The molecule has 0 saturated carbocycles. The Morgan fingerprint density at radius 1 is 0.914 bits per heavy atom. The highest BCUT2D eigenvalue weighted by Crippen LogP contribution is 2.44. The van der Waals surface area contributed by atoms with Crippen LogP contribution in [0, 0.1) is 23.7 Å². The molecule has 2 nitrogen and oxygen atoms in total. The van der Waals surface area contributed by atoms with E-state index in [4.69, 9.17) is 4.98 Å². The van der Waals surface area contributed by atoms with Crippen LogP contribution in [0.2, 0.25) is 0 Å². The van der Waals surface area contributed by atoms with Gasteiger partial charge in [0.25, 0.3) is 0 Å². The summed E-state index contributed by atoms with van der Waals surface area (Å²) in [6, 6.07) is 20.0. The molecule has 0 N–H and O–H groups in total. The van der Waals surface area contributed by atoms with Gasteiger partial charge in [-0.3, -0.25) is 4.98 Å². The van der Waals surface area contributed by atoms with Gasteiger partial charge in [-0.1, -0.05) is 77.9 Å². The van der Waals surface area contributed by atoms with Gasteiger partial charge in [-0.25, -0.2) is 0 Å². The largest absolute Gasteiger partial charge is 0.253 e. The SMILES string of the molecule is Cc1c(CC(C)(C)C)ccc2c1sc1c(-c3cc(C(C)(C)C)c4ccccc4c3)ncc(C#N)c12. The Labute approximate surface area is 212 Å². The number of aromatic nitrogens is 1. The summed E-state index contributed by atoms with van der Waals surface area (Å²) in [5.41, 5.74) is 6.96. The van der Waals surface area contributed by atoms with Crippen molar-refractivity contribution in [2.45, 2.75) is 60.3 Å². The van der Waals surface area contributed by atoms with Crippen molar-refractivity contribution in [3.05, 3.63) is 77.0 Å². The Morgan fingerprint density at radius 2 is 1.66 bits per heavy atom. The highest BCUT2D eigenvalue weighted by atomic mass is 32.1. The molecular weight excluding hydrogens is 444 g/mol. The van der Waals surface area contributed by atoms with Gasteiger partial charge in [0, 0.05) is 27.2 Å². The normalized spacial score (nSPS) is 12.5. The summed E-state index contributed by atoms with van der Waals surface area (Å²) in [5, 5.41) is 14.7. The van der Waals surface area contributed by atoms with Crippen LogP contribution < -0.4 is 0 Å². The van der Waals surface area contributed by atoms with Gasteiger partial charge in [0.1, 0.15) is 6.07 Å². The maximum Gasteiger partial charge on any atom is 0.101 e. The van der Waals surface area contributed by atoms with Crippen LogP contribution in [0.5, 0.6) is 0 Å². The van der Waals surface area contributed by atoms with Gasteiger partial charge < -0.3 is 0 Å². The van der Waals surface area contributed by atoms with Gasteiger partial charge in [0.2, 0.25) is 0 Å². The molecule has 0 saturated heterocycles. The van der Waals surface area contributed by atoms with Crippen molar-refractivity contribution in [3.63, 3.8) is 0 Å². The quantitative estimate of drug-likeness (QED) is 0.254. The molecule has 0 bridgehead atoms. The third kappa shape index (κ3) is 4.11. The number of rotatable bonds is 2. The lowest BCUT2D eigenvalue weighted by Crippen LogP contribution is -2.12. The summed E-state index contributed by atoms with van der Waals surface area (Å²) in [4.78, 5) is 4.87. The Balaban J connectivity index is 1.84. The third-order valence-electron chi connectivity index (χ3n) is 6.81. The minimum atomic E-state index is -0.0000671. The average Bonchev–Trinajstić information content (AvgIpc) is 3.18. The molecule has 5 rings (SSSR count). The number of hydrogen-bond donors (Lipinski definition) is 0. The fourth-order valence-corrected chi connectivity index (χ4v) is 6.50. The lowest BCUT2D eigenvalue weighted by molar-refractivity contribution is 0.410. The summed E-state index contributed by atoms with van der Waals surface area (Å²) < 4.78 is 2.37. The zero-order valence-electron chi connectivity index (χ0n) is 21.7. The number of thiophene rings is 1. The van der Waals surface area contributed by atoms with Gasteiger partial charge in [-0.2, -0.15) is 5.26 Å². The van der Waals surface area contributed by atoms with Crippen LogP contribution in [0.25, 0.3) is 42.2 Å². The van der Waals surface area contributed by atoms with E-state index in [0.29, 0.717) is 5.56 Å². The first-order valence-electron chi connectivity index (χ1n) is 12.3. The van der Waals surface area contributed by atoms with Gasteiger partial charge >= 0.3 is 0 Å². The monoisotopic (exact) mass is 476 g/mol. The van der Waals surface area contributed by atoms with Crippen LogP contribution >= 0.6 is 11.3 Å². The second kappa shape index (κ2) is 8.18. The fourth-order valence-electron chi connectivity index (χ4n) is 5.14. The topological polar surface area (TPSA) is 36.7 Å². The lowest BCUT2D eigenvalue weighted by Gasteiger charge is -2.22. The van der Waals surface area contributed by atoms with E-state index in [0.717, 1.165) is 33.2 Å². The van der Waals surface area contributed by atoms with Crippen LogP contribution in [0.3, 0.4) is 0 Å². The number of fused-ring (bicyclic) bond motifs is 4. The van der Waals surface area contributed by atoms with Crippen molar-refractivity contribution >= 4 is 42.3 Å². The molecule has 0 spiro atoms. The van der Waals surface area contributed by atoms with Crippen LogP contribution in [0.4, 0.5) is 0 Å². The first-order chi connectivity index (χ1) is 16.5. The third-order valence-corrected chi connectivity index (χ3v) is 8.14. The fraction of sp³-hybridized carbons (Fsp3) is 0.312. The van der Waals surface area contributed by atoms with E-state index < -0.39 is 0 Å². The predicted molar refractivity (Wildman–Crippen MR) is 151 cm³/mol. The number of aryl methyl sites for hydroxylation is 1. The molecule has 2 aromatic heterocycles.